The van der Waals surface area contributed by atoms with Gasteiger partial charge in [0, 0.05) is 22.9 Å². The van der Waals surface area contributed by atoms with E-state index in [4.69, 9.17) is 14.5 Å². The number of nitrogens with one attached hydrogen (secondary N) is 1. The summed E-state index contributed by atoms with van der Waals surface area (Å²) >= 11 is 0. The van der Waals surface area contributed by atoms with Crippen LogP contribution in [-0.2, 0) is 0 Å². The highest BCUT2D eigenvalue weighted by Gasteiger charge is 2.17. The molecular weight excluding hydrogens is 394 g/mol. The zero-order chi connectivity index (χ0) is 20.8. The van der Waals surface area contributed by atoms with Crippen LogP contribution in [0.1, 0.15) is 15.9 Å². The number of ketones is 1. The minimum Gasteiger partial charge on any atom is -0.454 e. The van der Waals surface area contributed by atoms with Gasteiger partial charge in [-0.05, 0) is 30.3 Å². The van der Waals surface area contributed by atoms with Crippen LogP contribution in [-0.4, -0.2) is 32.2 Å². The Balaban J connectivity index is 1.43. The van der Waals surface area contributed by atoms with Crippen molar-refractivity contribution < 1.29 is 14.3 Å². The van der Waals surface area contributed by atoms with E-state index in [0.717, 1.165) is 11.2 Å². The molecule has 0 spiro atoms. The lowest BCUT2D eigenvalue weighted by Gasteiger charge is -2.10. The second-order valence-corrected chi connectivity index (χ2v) is 7.08. The fraction of sp³-hybridized carbons (Fsp3) is 0.0435. The average molecular weight is 409 g/mol. The summed E-state index contributed by atoms with van der Waals surface area (Å²) in [5.74, 6) is 1.88. The maximum atomic E-state index is 12.9. The molecule has 0 saturated carbocycles. The van der Waals surface area contributed by atoms with Crippen molar-refractivity contribution in [2.75, 3.05) is 12.1 Å². The number of nitrogens with zero attached hydrogens (tertiary/aromatic N) is 4. The van der Waals surface area contributed by atoms with E-state index in [1.807, 2.05) is 52.9 Å². The fourth-order valence-corrected chi connectivity index (χ4v) is 3.65. The number of rotatable bonds is 4. The summed E-state index contributed by atoms with van der Waals surface area (Å²) in [7, 11) is 0. The Bertz CT molecular complexity index is 1460. The summed E-state index contributed by atoms with van der Waals surface area (Å²) in [5, 5.41) is 11.5. The van der Waals surface area contributed by atoms with Gasteiger partial charge in [0.25, 0.3) is 0 Å². The van der Waals surface area contributed by atoms with Crippen molar-refractivity contribution in [3.05, 3.63) is 84.2 Å². The molecule has 3 aromatic carbocycles. The number of benzene rings is 3. The maximum absolute atomic E-state index is 12.9. The van der Waals surface area contributed by atoms with Crippen molar-refractivity contribution in [1.29, 1.82) is 0 Å². The molecule has 6 rings (SSSR count). The van der Waals surface area contributed by atoms with Crippen molar-refractivity contribution in [2.45, 2.75) is 0 Å². The number of carbonyl (C=O) groups excluding carboxylic acids is 1. The van der Waals surface area contributed by atoms with Crippen LogP contribution in [0.2, 0.25) is 0 Å². The van der Waals surface area contributed by atoms with Crippen LogP contribution in [0.4, 0.5) is 11.5 Å². The van der Waals surface area contributed by atoms with Crippen LogP contribution in [0.3, 0.4) is 0 Å². The van der Waals surface area contributed by atoms with Gasteiger partial charge in [0.15, 0.2) is 23.1 Å². The minimum atomic E-state index is -0.0497. The van der Waals surface area contributed by atoms with Gasteiger partial charge in [-0.15, -0.1) is 10.2 Å². The summed E-state index contributed by atoms with van der Waals surface area (Å²) in [6.07, 6.45) is 1.61. The molecule has 150 valence electrons. The van der Waals surface area contributed by atoms with E-state index in [1.165, 1.54) is 0 Å². The minimum absolute atomic E-state index is 0.0497. The lowest BCUT2D eigenvalue weighted by atomic mass is 10.0. The van der Waals surface area contributed by atoms with E-state index in [9.17, 15) is 4.79 Å². The summed E-state index contributed by atoms with van der Waals surface area (Å²) in [6.45, 7) is 0.214. The Kier molecular flexibility index (Phi) is 3.82. The van der Waals surface area contributed by atoms with E-state index in [2.05, 4.69) is 15.5 Å². The van der Waals surface area contributed by atoms with E-state index < -0.39 is 0 Å². The normalized spacial score (nSPS) is 12.4. The molecule has 1 aliphatic heterocycles. The molecule has 0 aliphatic carbocycles. The lowest BCUT2D eigenvalue weighted by molar-refractivity contribution is 0.103. The molecule has 1 N–H and O–H groups in total. The predicted molar refractivity (Wildman–Crippen MR) is 114 cm³/mol. The van der Waals surface area contributed by atoms with Gasteiger partial charge < -0.3 is 14.8 Å². The maximum Gasteiger partial charge on any atom is 0.231 e. The molecule has 1 aliphatic rings. The smallest absolute Gasteiger partial charge is 0.231 e. The van der Waals surface area contributed by atoms with Crippen LogP contribution in [0.25, 0.3) is 16.7 Å². The van der Waals surface area contributed by atoms with E-state index in [1.54, 1.807) is 24.5 Å². The Labute approximate surface area is 176 Å². The van der Waals surface area contributed by atoms with Crippen LogP contribution in [0, 0.1) is 0 Å². The molecule has 0 unspecified atom stereocenters. The average Bonchev–Trinajstić information content (AvgIpc) is 3.49. The van der Waals surface area contributed by atoms with Gasteiger partial charge in [-0.3, -0.25) is 9.20 Å². The molecule has 0 radical (unpaired) electrons. The molecule has 2 aromatic heterocycles. The first-order valence-corrected chi connectivity index (χ1v) is 9.66. The second kappa shape index (κ2) is 6.81. The van der Waals surface area contributed by atoms with Crippen LogP contribution >= 0.6 is 0 Å². The summed E-state index contributed by atoms with van der Waals surface area (Å²) in [5.41, 5.74) is 4.01. The first-order chi connectivity index (χ1) is 15.3. The largest absolute Gasteiger partial charge is 0.454 e. The predicted octanol–water partition coefficient (Wildman–Crippen LogP) is 3.98. The second-order valence-electron chi connectivity index (χ2n) is 7.08. The standard InChI is InChI=1S/C23H15N5O3/c29-21(14-4-2-1-3-5-14)15-6-8-17-18(10-15)28-12-24-27-23(28)22(26-17)25-16-7-9-19-20(11-16)31-13-30-19/h1-12H,13H2,(H,25,26). The Morgan fingerprint density at radius 2 is 1.81 bits per heavy atom. The van der Waals surface area contributed by atoms with Crippen molar-refractivity contribution >= 4 is 34.0 Å². The van der Waals surface area contributed by atoms with Crippen molar-refractivity contribution in [3.63, 3.8) is 0 Å². The SMILES string of the molecule is O=C(c1ccccc1)c1ccc2nc(Nc3ccc4c(c3)OCO4)c3nncn3c2c1. The van der Waals surface area contributed by atoms with Crippen LogP contribution in [0.15, 0.2) is 73.1 Å². The first kappa shape index (κ1) is 17.4. The highest BCUT2D eigenvalue weighted by Crippen LogP contribution is 2.35. The Morgan fingerprint density at radius 1 is 0.935 bits per heavy atom. The van der Waals surface area contributed by atoms with Gasteiger partial charge in [-0.2, -0.15) is 0 Å². The Morgan fingerprint density at radius 3 is 2.71 bits per heavy atom. The monoisotopic (exact) mass is 409 g/mol. The van der Waals surface area contributed by atoms with Gasteiger partial charge in [-0.1, -0.05) is 30.3 Å². The zero-order valence-corrected chi connectivity index (χ0v) is 16.1. The molecule has 0 fully saturated rings. The van der Waals surface area contributed by atoms with Crippen molar-refractivity contribution in [2.24, 2.45) is 0 Å². The molecule has 0 bridgehead atoms. The van der Waals surface area contributed by atoms with E-state index in [-0.39, 0.29) is 12.6 Å². The van der Waals surface area contributed by atoms with Gasteiger partial charge in [-0.25, -0.2) is 4.98 Å². The van der Waals surface area contributed by atoms with E-state index >= 15 is 0 Å². The van der Waals surface area contributed by atoms with Crippen LogP contribution < -0.4 is 14.8 Å². The number of aromatic nitrogens is 4. The number of ether oxygens (including phenoxy) is 2. The van der Waals surface area contributed by atoms with Gasteiger partial charge >= 0.3 is 0 Å². The molecular formula is C23H15N5O3. The number of carbonyl (C=O) groups is 1. The summed E-state index contributed by atoms with van der Waals surface area (Å²) in [4.78, 5) is 17.6. The van der Waals surface area contributed by atoms with Gasteiger partial charge in [0.2, 0.25) is 12.4 Å². The molecule has 5 aromatic rings. The molecule has 0 amide bonds. The quantitative estimate of drug-likeness (QED) is 0.449. The summed E-state index contributed by atoms with van der Waals surface area (Å²) < 4.78 is 12.6. The molecule has 0 saturated heterocycles. The molecule has 3 heterocycles. The van der Waals surface area contributed by atoms with E-state index in [0.29, 0.717) is 39.6 Å². The zero-order valence-electron chi connectivity index (χ0n) is 16.1. The van der Waals surface area contributed by atoms with Crippen molar-refractivity contribution in [1.82, 2.24) is 19.6 Å². The third-order valence-corrected chi connectivity index (χ3v) is 5.16. The molecule has 8 heteroatoms. The third-order valence-electron chi connectivity index (χ3n) is 5.16. The first-order valence-electron chi connectivity index (χ1n) is 9.66. The molecule has 0 atom stereocenters. The van der Waals surface area contributed by atoms with Crippen LogP contribution in [0.5, 0.6) is 11.5 Å². The molecule has 31 heavy (non-hydrogen) atoms. The number of hydrogen-bond donors (Lipinski definition) is 1. The van der Waals surface area contributed by atoms with Gasteiger partial charge in [0.05, 0.1) is 11.0 Å². The fourth-order valence-electron chi connectivity index (χ4n) is 3.65. The summed E-state index contributed by atoms with van der Waals surface area (Å²) in [6, 6.07) is 20.2. The van der Waals surface area contributed by atoms with Gasteiger partial charge in [0.1, 0.15) is 6.33 Å². The lowest BCUT2D eigenvalue weighted by Crippen LogP contribution is -2.04. The highest BCUT2D eigenvalue weighted by molar-refractivity contribution is 6.10. The topological polar surface area (TPSA) is 90.6 Å². The number of anilines is 2. The number of fused-ring (bicyclic) bond motifs is 4. The highest BCUT2D eigenvalue weighted by atomic mass is 16.7. The van der Waals surface area contributed by atoms with Crippen molar-refractivity contribution in [3.8, 4) is 11.5 Å². The molecule has 8 nitrogen and oxygen atoms in total. The third kappa shape index (κ3) is 2.93. The number of hydrogen-bond acceptors (Lipinski definition) is 7. The Hall–Kier alpha value is -4.46.